The van der Waals surface area contributed by atoms with Gasteiger partial charge < -0.3 is 9.84 Å². The van der Waals surface area contributed by atoms with E-state index in [2.05, 4.69) is 15.9 Å². The number of halogens is 2. The van der Waals surface area contributed by atoms with Gasteiger partial charge in [-0.25, -0.2) is 4.39 Å². The number of aliphatic hydroxyl groups excluding tert-OH is 1. The van der Waals surface area contributed by atoms with E-state index in [0.29, 0.717) is 6.42 Å². The third-order valence-electron chi connectivity index (χ3n) is 1.82. The first kappa shape index (κ1) is 11.6. The normalized spacial score (nSPS) is 12.9. The Hall–Kier alpha value is -0.450. The van der Waals surface area contributed by atoms with E-state index in [1.165, 1.54) is 19.2 Å². The third-order valence-corrected chi connectivity index (χ3v) is 2.60. The smallest absolute Gasteiger partial charge is 0.123 e. The van der Waals surface area contributed by atoms with Crippen LogP contribution in [0.25, 0.3) is 0 Å². The topological polar surface area (TPSA) is 29.5 Å². The van der Waals surface area contributed by atoms with Crippen molar-refractivity contribution in [3.8, 4) is 0 Å². The molecule has 0 spiro atoms. The van der Waals surface area contributed by atoms with E-state index in [1.807, 2.05) is 0 Å². The van der Waals surface area contributed by atoms with Crippen LogP contribution in [-0.2, 0) is 11.2 Å². The Morgan fingerprint density at radius 2 is 2.29 bits per heavy atom. The number of aliphatic hydroxyl groups is 1. The van der Waals surface area contributed by atoms with Crippen molar-refractivity contribution < 1.29 is 14.2 Å². The molecule has 0 aromatic heterocycles. The molecule has 0 aliphatic carbocycles. The van der Waals surface area contributed by atoms with E-state index < -0.39 is 6.10 Å². The van der Waals surface area contributed by atoms with Crippen molar-refractivity contribution in [1.29, 1.82) is 0 Å². The number of hydrogen-bond donors (Lipinski definition) is 1. The van der Waals surface area contributed by atoms with Crippen LogP contribution in [0.4, 0.5) is 4.39 Å². The maximum atomic E-state index is 12.8. The molecule has 0 aliphatic heterocycles. The molecule has 14 heavy (non-hydrogen) atoms. The molecule has 1 atom stereocenters. The molecule has 78 valence electrons. The molecule has 1 unspecified atom stereocenters. The lowest BCUT2D eigenvalue weighted by Gasteiger charge is -2.10. The van der Waals surface area contributed by atoms with E-state index in [1.54, 1.807) is 6.07 Å². The molecule has 0 bridgehead atoms. The lowest BCUT2D eigenvalue weighted by atomic mass is 10.1. The molecular formula is C10H12BrFO2. The standard InChI is InChI=1S/C10H12BrFO2/c1-14-6-9(13)5-7-4-8(12)2-3-10(7)11/h2-4,9,13H,5-6H2,1H3. The maximum absolute atomic E-state index is 12.8. The second-order valence-corrected chi connectivity index (χ2v) is 3.90. The number of ether oxygens (including phenoxy) is 1. The Morgan fingerprint density at radius 1 is 1.57 bits per heavy atom. The highest BCUT2D eigenvalue weighted by molar-refractivity contribution is 9.10. The molecule has 4 heteroatoms. The molecular weight excluding hydrogens is 251 g/mol. The highest BCUT2D eigenvalue weighted by Gasteiger charge is 2.08. The van der Waals surface area contributed by atoms with Crippen molar-refractivity contribution in [2.24, 2.45) is 0 Å². The summed E-state index contributed by atoms with van der Waals surface area (Å²) in [5, 5.41) is 9.45. The van der Waals surface area contributed by atoms with Crippen molar-refractivity contribution in [2.45, 2.75) is 12.5 Å². The van der Waals surface area contributed by atoms with E-state index >= 15 is 0 Å². The fourth-order valence-corrected chi connectivity index (χ4v) is 1.61. The summed E-state index contributed by atoms with van der Waals surface area (Å²) < 4.78 is 18.4. The maximum Gasteiger partial charge on any atom is 0.123 e. The predicted molar refractivity (Wildman–Crippen MR) is 55.7 cm³/mol. The average molecular weight is 263 g/mol. The van der Waals surface area contributed by atoms with Gasteiger partial charge in [-0.3, -0.25) is 0 Å². The van der Waals surface area contributed by atoms with Crippen LogP contribution in [0.15, 0.2) is 22.7 Å². The van der Waals surface area contributed by atoms with Crippen molar-refractivity contribution in [3.05, 3.63) is 34.1 Å². The molecule has 0 saturated heterocycles. The molecule has 0 radical (unpaired) electrons. The predicted octanol–water partition coefficient (Wildman–Crippen LogP) is 2.14. The van der Waals surface area contributed by atoms with Gasteiger partial charge in [0.25, 0.3) is 0 Å². The van der Waals surface area contributed by atoms with Gasteiger partial charge in [0.05, 0.1) is 12.7 Å². The second-order valence-electron chi connectivity index (χ2n) is 3.05. The molecule has 1 aromatic rings. The van der Waals surface area contributed by atoms with Crippen LogP contribution < -0.4 is 0 Å². The van der Waals surface area contributed by atoms with Gasteiger partial charge >= 0.3 is 0 Å². The van der Waals surface area contributed by atoms with Gasteiger partial charge in [-0.1, -0.05) is 15.9 Å². The fraction of sp³-hybridized carbons (Fsp3) is 0.400. The number of methoxy groups -OCH3 is 1. The molecule has 0 aliphatic rings. The van der Waals surface area contributed by atoms with Gasteiger partial charge in [0.2, 0.25) is 0 Å². The lowest BCUT2D eigenvalue weighted by Crippen LogP contribution is -2.17. The van der Waals surface area contributed by atoms with Crippen molar-refractivity contribution in [1.82, 2.24) is 0 Å². The molecule has 0 fully saturated rings. The third kappa shape index (κ3) is 3.36. The van der Waals surface area contributed by atoms with Crippen molar-refractivity contribution in [3.63, 3.8) is 0 Å². The van der Waals surface area contributed by atoms with Gasteiger partial charge in [0, 0.05) is 18.0 Å². The Labute approximate surface area is 90.8 Å². The quantitative estimate of drug-likeness (QED) is 0.901. The Balaban J connectivity index is 2.70. The van der Waals surface area contributed by atoms with E-state index in [-0.39, 0.29) is 12.4 Å². The summed E-state index contributed by atoms with van der Waals surface area (Å²) in [6, 6.07) is 4.41. The van der Waals surface area contributed by atoms with Crippen LogP contribution in [0, 0.1) is 5.82 Å². The first-order valence-corrected chi connectivity index (χ1v) is 5.03. The highest BCUT2D eigenvalue weighted by Crippen LogP contribution is 2.19. The van der Waals surface area contributed by atoms with E-state index in [0.717, 1.165) is 10.0 Å². The molecule has 0 amide bonds. The van der Waals surface area contributed by atoms with Crippen molar-refractivity contribution in [2.75, 3.05) is 13.7 Å². The summed E-state index contributed by atoms with van der Waals surface area (Å²) in [5.41, 5.74) is 0.745. The zero-order valence-electron chi connectivity index (χ0n) is 7.84. The fourth-order valence-electron chi connectivity index (χ4n) is 1.20. The van der Waals surface area contributed by atoms with Crippen LogP contribution in [0.1, 0.15) is 5.56 Å². The Kier molecular flexibility index (Phi) is 4.51. The first-order chi connectivity index (χ1) is 6.63. The lowest BCUT2D eigenvalue weighted by molar-refractivity contribution is 0.0649. The molecule has 1 aromatic carbocycles. The average Bonchev–Trinajstić information content (AvgIpc) is 2.12. The monoisotopic (exact) mass is 262 g/mol. The summed E-state index contributed by atoms with van der Waals surface area (Å²) >= 11 is 3.29. The molecule has 0 heterocycles. The zero-order valence-corrected chi connectivity index (χ0v) is 9.42. The van der Waals surface area contributed by atoms with Gasteiger partial charge in [0.1, 0.15) is 5.82 Å². The Morgan fingerprint density at radius 3 is 2.93 bits per heavy atom. The highest BCUT2D eigenvalue weighted by atomic mass is 79.9. The first-order valence-electron chi connectivity index (χ1n) is 4.24. The molecule has 1 N–H and O–H groups in total. The SMILES string of the molecule is COCC(O)Cc1cc(F)ccc1Br. The summed E-state index contributed by atoms with van der Waals surface area (Å²) in [6.45, 7) is 0.253. The van der Waals surface area contributed by atoms with Gasteiger partial charge in [-0.2, -0.15) is 0 Å². The minimum absolute atomic E-state index is 0.253. The zero-order chi connectivity index (χ0) is 10.6. The number of rotatable bonds is 4. The van der Waals surface area contributed by atoms with Crippen LogP contribution in [0.2, 0.25) is 0 Å². The number of hydrogen-bond acceptors (Lipinski definition) is 2. The Bertz CT molecular complexity index is 304. The molecule has 2 nitrogen and oxygen atoms in total. The minimum atomic E-state index is -0.599. The summed E-state index contributed by atoms with van der Waals surface area (Å²) in [4.78, 5) is 0. The molecule has 0 saturated carbocycles. The minimum Gasteiger partial charge on any atom is -0.390 e. The van der Waals surface area contributed by atoms with Gasteiger partial charge in [-0.15, -0.1) is 0 Å². The van der Waals surface area contributed by atoms with Gasteiger partial charge in [-0.05, 0) is 23.8 Å². The van der Waals surface area contributed by atoms with Crippen LogP contribution in [0.5, 0.6) is 0 Å². The number of benzene rings is 1. The van der Waals surface area contributed by atoms with Gasteiger partial charge in [0.15, 0.2) is 0 Å². The summed E-state index contributed by atoms with van der Waals surface area (Å²) in [5.74, 6) is -0.298. The largest absolute Gasteiger partial charge is 0.390 e. The van der Waals surface area contributed by atoms with E-state index in [9.17, 15) is 9.50 Å². The van der Waals surface area contributed by atoms with Crippen LogP contribution in [-0.4, -0.2) is 24.9 Å². The molecule has 1 rings (SSSR count). The summed E-state index contributed by atoms with van der Waals surface area (Å²) in [6.07, 6.45) is -0.218. The van der Waals surface area contributed by atoms with Crippen molar-refractivity contribution >= 4 is 15.9 Å². The van der Waals surface area contributed by atoms with E-state index in [4.69, 9.17) is 4.74 Å². The van der Waals surface area contributed by atoms with Crippen LogP contribution >= 0.6 is 15.9 Å². The summed E-state index contributed by atoms with van der Waals surface area (Å²) in [7, 11) is 1.52. The second kappa shape index (κ2) is 5.44. The van der Waals surface area contributed by atoms with Crippen LogP contribution in [0.3, 0.4) is 0 Å².